The Morgan fingerprint density at radius 2 is 2.19 bits per heavy atom. The largest absolute Gasteiger partial charge is 0.449 e. The highest BCUT2D eigenvalue weighted by molar-refractivity contribution is 6.30. The van der Waals surface area contributed by atoms with E-state index in [1.54, 1.807) is 0 Å². The predicted molar refractivity (Wildman–Crippen MR) is 79.3 cm³/mol. The first-order valence-corrected chi connectivity index (χ1v) is 6.93. The van der Waals surface area contributed by atoms with Gasteiger partial charge >= 0.3 is 5.97 Å². The summed E-state index contributed by atoms with van der Waals surface area (Å²) in [5, 5.41) is 2.60. The van der Waals surface area contributed by atoms with Crippen molar-refractivity contribution >= 4 is 29.6 Å². The van der Waals surface area contributed by atoms with E-state index in [0.29, 0.717) is 12.1 Å². The molecule has 21 heavy (non-hydrogen) atoms. The third-order valence-electron chi connectivity index (χ3n) is 2.57. The van der Waals surface area contributed by atoms with E-state index < -0.39 is 17.9 Å². The normalized spacial score (nSPS) is 12.2. The molecule has 0 heterocycles. The zero-order chi connectivity index (χ0) is 15.8. The summed E-state index contributed by atoms with van der Waals surface area (Å²) in [7, 11) is 0. The van der Waals surface area contributed by atoms with Crippen LogP contribution in [0.3, 0.4) is 0 Å². The molecule has 1 aromatic carbocycles. The third-order valence-corrected chi connectivity index (χ3v) is 2.86. The van der Waals surface area contributed by atoms with Gasteiger partial charge in [-0.2, -0.15) is 0 Å². The van der Waals surface area contributed by atoms with Gasteiger partial charge in [0, 0.05) is 12.6 Å². The number of carbonyl (C=O) groups is 2. The van der Waals surface area contributed by atoms with Crippen molar-refractivity contribution < 1.29 is 18.7 Å². The van der Waals surface area contributed by atoms with E-state index in [9.17, 15) is 14.0 Å². The fraction of sp³-hybridized carbons (Fsp3) is 0.333. The number of hydrogen-bond donors (Lipinski definition) is 1. The number of carbonyl (C=O) groups excluding carboxylic acids is 2. The van der Waals surface area contributed by atoms with Crippen molar-refractivity contribution in [1.29, 1.82) is 0 Å². The van der Waals surface area contributed by atoms with Crippen molar-refractivity contribution in [2.75, 3.05) is 6.54 Å². The Morgan fingerprint density at radius 3 is 2.81 bits per heavy atom. The number of esters is 1. The van der Waals surface area contributed by atoms with Crippen LogP contribution in [0.25, 0.3) is 6.08 Å². The highest BCUT2D eigenvalue weighted by Crippen LogP contribution is 2.16. The van der Waals surface area contributed by atoms with E-state index in [0.717, 1.165) is 12.5 Å². The van der Waals surface area contributed by atoms with Gasteiger partial charge in [0.05, 0.1) is 5.02 Å². The number of ether oxygens (including phenoxy) is 1. The third kappa shape index (κ3) is 5.95. The molecule has 0 unspecified atom stereocenters. The minimum absolute atomic E-state index is 0.0298. The van der Waals surface area contributed by atoms with E-state index in [-0.39, 0.29) is 10.9 Å². The van der Waals surface area contributed by atoms with Gasteiger partial charge in [0.25, 0.3) is 5.91 Å². The van der Waals surface area contributed by atoms with Crippen LogP contribution in [0.5, 0.6) is 0 Å². The summed E-state index contributed by atoms with van der Waals surface area (Å²) < 4.78 is 17.9. The Hall–Kier alpha value is -1.88. The Morgan fingerprint density at radius 1 is 1.48 bits per heavy atom. The van der Waals surface area contributed by atoms with Crippen LogP contribution < -0.4 is 5.32 Å². The number of rotatable bonds is 6. The molecule has 0 saturated carbocycles. The van der Waals surface area contributed by atoms with Crippen molar-refractivity contribution in [2.24, 2.45) is 0 Å². The molecule has 1 atom stereocenters. The molecule has 0 aliphatic carbocycles. The Bertz CT molecular complexity index is 546. The van der Waals surface area contributed by atoms with Crippen LogP contribution in [0.1, 0.15) is 25.8 Å². The molecule has 0 aliphatic heterocycles. The van der Waals surface area contributed by atoms with Gasteiger partial charge in [0.1, 0.15) is 5.82 Å². The number of amides is 1. The average Bonchev–Trinajstić information content (AvgIpc) is 2.45. The molecule has 0 spiro atoms. The summed E-state index contributed by atoms with van der Waals surface area (Å²) in [6.45, 7) is 3.95. The maximum atomic E-state index is 13.0. The Kier molecular flexibility index (Phi) is 6.88. The van der Waals surface area contributed by atoms with E-state index in [1.807, 2.05) is 6.92 Å². The molecule has 1 N–H and O–H groups in total. The first-order chi connectivity index (χ1) is 9.93. The van der Waals surface area contributed by atoms with Crippen LogP contribution in [0.2, 0.25) is 5.02 Å². The molecule has 0 aromatic heterocycles. The summed E-state index contributed by atoms with van der Waals surface area (Å²) in [5.41, 5.74) is 0.557. The minimum atomic E-state index is -0.870. The molecule has 1 amide bonds. The zero-order valence-corrected chi connectivity index (χ0v) is 12.6. The van der Waals surface area contributed by atoms with Gasteiger partial charge in [-0.1, -0.05) is 24.6 Å². The van der Waals surface area contributed by atoms with Gasteiger partial charge in [-0.15, -0.1) is 0 Å². The first kappa shape index (κ1) is 17.2. The van der Waals surface area contributed by atoms with Gasteiger partial charge in [0.2, 0.25) is 0 Å². The van der Waals surface area contributed by atoms with Crippen LogP contribution in [0, 0.1) is 5.82 Å². The molecule has 0 saturated heterocycles. The molecular weight excluding hydrogens is 297 g/mol. The lowest BCUT2D eigenvalue weighted by atomic mass is 10.2. The standard InChI is InChI=1S/C15H17ClFNO3/c1-3-8-18-15(20)10(2)21-14(19)7-5-11-4-6-13(17)12(16)9-11/h4-7,9-10H,3,8H2,1-2H3,(H,18,20)/b7-5+/t10-/m1/s1. The van der Waals surface area contributed by atoms with Gasteiger partial charge in [-0.3, -0.25) is 4.79 Å². The minimum Gasteiger partial charge on any atom is -0.449 e. The van der Waals surface area contributed by atoms with Gasteiger partial charge in [0.15, 0.2) is 6.10 Å². The lowest BCUT2D eigenvalue weighted by Crippen LogP contribution is -2.35. The van der Waals surface area contributed by atoms with Crippen LogP contribution in [0.15, 0.2) is 24.3 Å². The van der Waals surface area contributed by atoms with E-state index in [2.05, 4.69) is 5.32 Å². The summed E-state index contributed by atoms with van der Waals surface area (Å²) in [5.74, 6) is -1.53. The number of nitrogens with one attached hydrogen (secondary N) is 1. The van der Waals surface area contributed by atoms with Crippen molar-refractivity contribution in [2.45, 2.75) is 26.4 Å². The summed E-state index contributed by atoms with van der Waals surface area (Å²) in [6.07, 6.45) is 2.53. The van der Waals surface area contributed by atoms with Crippen LogP contribution >= 0.6 is 11.6 Å². The monoisotopic (exact) mass is 313 g/mol. The summed E-state index contributed by atoms with van der Waals surface area (Å²) in [4.78, 5) is 23.1. The van der Waals surface area contributed by atoms with E-state index >= 15 is 0 Å². The van der Waals surface area contributed by atoms with E-state index in [1.165, 1.54) is 31.2 Å². The molecule has 0 bridgehead atoms. The van der Waals surface area contributed by atoms with Crippen LogP contribution in [-0.4, -0.2) is 24.5 Å². The van der Waals surface area contributed by atoms with Gasteiger partial charge in [-0.25, -0.2) is 9.18 Å². The molecule has 0 radical (unpaired) electrons. The van der Waals surface area contributed by atoms with E-state index in [4.69, 9.17) is 16.3 Å². The average molecular weight is 314 g/mol. The van der Waals surface area contributed by atoms with Gasteiger partial charge in [-0.05, 0) is 37.1 Å². The predicted octanol–water partition coefficient (Wildman–Crippen LogP) is 2.95. The van der Waals surface area contributed by atoms with Crippen molar-refractivity contribution in [3.05, 3.63) is 40.7 Å². The summed E-state index contributed by atoms with van der Waals surface area (Å²) in [6, 6.07) is 4.06. The molecule has 1 rings (SSSR count). The van der Waals surface area contributed by atoms with Gasteiger partial charge < -0.3 is 10.1 Å². The maximum absolute atomic E-state index is 13.0. The fourth-order valence-corrected chi connectivity index (χ4v) is 1.63. The molecule has 1 aromatic rings. The molecule has 0 aliphatic rings. The maximum Gasteiger partial charge on any atom is 0.331 e. The second-order valence-corrected chi connectivity index (χ2v) is 4.78. The summed E-state index contributed by atoms with van der Waals surface area (Å²) >= 11 is 5.63. The van der Waals surface area contributed by atoms with Crippen LogP contribution in [-0.2, 0) is 14.3 Å². The lowest BCUT2D eigenvalue weighted by Gasteiger charge is -2.11. The zero-order valence-electron chi connectivity index (χ0n) is 11.9. The quantitative estimate of drug-likeness (QED) is 0.649. The number of halogens is 2. The van der Waals surface area contributed by atoms with Crippen molar-refractivity contribution in [3.8, 4) is 0 Å². The molecule has 0 fully saturated rings. The highest BCUT2D eigenvalue weighted by Gasteiger charge is 2.15. The lowest BCUT2D eigenvalue weighted by molar-refractivity contribution is -0.150. The SMILES string of the molecule is CCCNC(=O)[C@@H](C)OC(=O)/C=C/c1ccc(F)c(Cl)c1. The topological polar surface area (TPSA) is 55.4 Å². The number of hydrogen-bond acceptors (Lipinski definition) is 3. The van der Waals surface area contributed by atoms with Crippen molar-refractivity contribution in [3.63, 3.8) is 0 Å². The Balaban J connectivity index is 2.54. The Labute approximate surface area is 127 Å². The highest BCUT2D eigenvalue weighted by atomic mass is 35.5. The molecule has 6 heteroatoms. The molecular formula is C15H17ClFNO3. The first-order valence-electron chi connectivity index (χ1n) is 6.55. The van der Waals surface area contributed by atoms with Crippen molar-refractivity contribution in [1.82, 2.24) is 5.32 Å². The fourth-order valence-electron chi connectivity index (χ4n) is 1.44. The second kappa shape index (κ2) is 8.42. The molecule has 4 nitrogen and oxygen atoms in total. The molecule has 114 valence electrons. The smallest absolute Gasteiger partial charge is 0.331 e. The second-order valence-electron chi connectivity index (χ2n) is 4.38. The van der Waals surface area contributed by atoms with Crippen LogP contribution in [0.4, 0.5) is 4.39 Å². The number of benzene rings is 1.